The molecule has 184 valence electrons. The first-order chi connectivity index (χ1) is 19.9. The Labute approximate surface area is 234 Å². The van der Waals surface area contributed by atoms with Crippen molar-refractivity contribution in [1.82, 2.24) is 4.57 Å². The predicted molar refractivity (Wildman–Crippen MR) is 173 cm³/mol. The number of hydrogen-bond donors (Lipinski definition) is 0. The number of para-hydroxylation sites is 1. The third kappa shape index (κ3) is 2.44. The Morgan fingerprint density at radius 3 is 1.88 bits per heavy atom. The lowest BCUT2D eigenvalue weighted by atomic mass is 9.99. The molecule has 0 saturated heterocycles. The van der Waals surface area contributed by atoms with Gasteiger partial charge in [0.25, 0.3) is 0 Å². The van der Waals surface area contributed by atoms with Crippen molar-refractivity contribution in [3.8, 4) is 27.9 Å². The smallest absolute Gasteiger partial charge is 0.0640 e. The summed E-state index contributed by atoms with van der Waals surface area (Å²) in [5.74, 6) is 0. The van der Waals surface area contributed by atoms with Crippen LogP contribution in [0.15, 0.2) is 127 Å². The van der Waals surface area contributed by atoms with Crippen LogP contribution in [0.1, 0.15) is 0 Å². The van der Waals surface area contributed by atoms with Gasteiger partial charge in [0.05, 0.1) is 16.7 Å². The first kappa shape index (κ1) is 21.0. The van der Waals surface area contributed by atoms with E-state index in [1.165, 1.54) is 91.5 Å². The summed E-state index contributed by atoms with van der Waals surface area (Å²) in [7, 11) is 0. The normalized spacial score (nSPS) is 12.5. The van der Waals surface area contributed by atoms with E-state index in [0.717, 1.165) is 0 Å². The zero-order valence-corrected chi connectivity index (χ0v) is 22.3. The summed E-state index contributed by atoms with van der Waals surface area (Å²) in [6, 6.07) is 47.2. The lowest BCUT2D eigenvalue weighted by molar-refractivity contribution is 1.21. The molecule has 0 bridgehead atoms. The molecule has 0 aliphatic heterocycles. The van der Waals surface area contributed by atoms with Crippen molar-refractivity contribution in [1.29, 1.82) is 0 Å². The highest BCUT2D eigenvalue weighted by Gasteiger charge is 2.25. The molecule has 0 amide bonds. The second-order valence-electron chi connectivity index (χ2n) is 10.8. The van der Waals surface area contributed by atoms with Gasteiger partial charge in [0.15, 0.2) is 0 Å². The Bertz CT molecular complexity index is 2510. The quantitative estimate of drug-likeness (QED) is 0.202. The molecule has 0 atom stereocenters. The van der Waals surface area contributed by atoms with E-state index in [2.05, 4.69) is 132 Å². The van der Waals surface area contributed by atoms with Crippen LogP contribution < -0.4 is 0 Å². The summed E-state index contributed by atoms with van der Waals surface area (Å²) in [6.45, 7) is 0. The molecule has 2 heterocycles. The summed E-state index contributed by atoms with van der Waals surface area (Å²) in [5.41, 5.74) is 9.14. The van der Waals surface area contributed by atoms with E-state index in [4.69, 9.17) is 0 Å². The van der Waals surface area contributed by atoms with Crippen LogP contribution in [0, 0.1) is 0 Å². The van der Waals surface area contributed by atoms with E-state index in [-0.39, 0.29) is 0 Å². The van der Waals surface area contributed by atoms with Gasteiger partial charge < -0.3 is 4.57 Å². The fourth-order valence-corrected chi connectivity index (χ4v) is 8.60. The second-order valence-corrected chi connectivity index (χ2v) is 11.9. The number of fused-ring (bicyclic) bond motifs is 13. The summed E-state index contributed by atoms with van der Waals surface area (Å²) in [5, 5.41) is 10.7. The van der Waals surface area contributed by atoms with E-state index in [0.29, 0.717) is 0 Å². The van der Waals surface area contributed by atoms with Crippen molar-refractivity contribution in [2.75, 3.05) is 0 Å². The highest BCUT2D eigenvalue weighted by atomic mass is 32.1. The third-order valence-corrected chi connectivity index (χ3v) is 10.1. The number of thiophene rings is 1. The maximum absolute atomic E-state index is 2.56. The van der Waals surface area contributed by atoms with Gasteiger partial charge in [0, 0.05) is 41.7 Å². The lowest BCUT2D eigenvalue weighted by Crippen LogP contribution is -1.96. The van der Waals surface area contributed by atoms with Crippen molar-refractivity contribution in [2.45, 2.75) is 0 Å². The van der Waals surface area contributed by atoms with E-state index < -0.39 is 0 Å². The number of benzene rings is 7. The van der Waals surface area contributed by atoms with Crippen LogP contribution in [0.2, 0.25) is 0 Å². The van der Waals surface area contributed by atoms with Crippen LogP contribution in [-0.2, 0) is 0 Å². The number of aromatic nitrogens is 1. The highest BCUT2D eigenvalue weighted by Crippen LogP contribution is 2.51. The van der Waals surface area contributed by atoms with Crippen LogP contribution >= 0.6 is 11.3 Å². The summed E-state index contributed by atoms with van der Waals surface area (Å²) < 4.78 is 5.26. The summed E-state index contributed by atoms with van der Waals surface area (Å²) >= 11 is 1.92. The van der Waals surface area contributed by atoms with Crippen molar-refractivity contribution >= 4 is 74.9 Å². The molecule has 0 unspecified atom stereocenters. The number of rotatable bonds is 1. The molecule has 1 nitrogen and oxygen atoms in total. The molecule has 9 aromatic rings. The van der Waals surface area contributed by atoms with E-state index in [9.17, 15) is 0 Å². The monoisotopic (exact) mass is 523 g/mol. The van der Waals surface area contributed by atoms with E-state index in [1.54, 1.807) is 0 Å². The van der Waals surface area contributed by atoms with E-state index >= 15 is 0 Å². The molecule has 40 heavy (non-hydrogen) atoms. The molecule has 0 radical (unpaired) electrons. The van der Waals surface area contributed by atoms with Gasteiger partial charge in [-0.3, -0.25) is 0 Å². The Kier molecular flexibility index (Phi) is 3.87. The SMILES string of the molecule is c1ccc2c(c1)-c1cccc3c(-n4c5ccccc5c5c6ccccc6c6sc7ccccc7c6c54)ccc-2c13. The zero-order chi connectivity index (χ0) is 25.9. The fourth-order valence-electron chi connectivity index (χ4n) is 7.36. The Hall–Kier alpha value is -4.92. The van der Waals surface area contributed by atoms with Gasteiger partial charge in [0.1, 0.15) is 0 Å². The minimum atomic E-state index is 1.24. The summed E-state index contributed by atoms with van der Waals surface area (Å²) in [6.07, 6.45) is 0. The van der Waals surface area contributed by atoms with Gasteiger partial charge in [-0.2, -0.15) is 0 Å². The molecule has 10 rings (SSSR count). The van der Waals surface area contributed by atoms with Gasteiger partial charge >= 0.3 is 0 Å². The van der Waals surface area contributed by atoms with Crippen LogP contribution in [0.25, 0.3) is 91.5 Å². The van der Waals surface area contributed by atoms with Crippen LogP contribution in [-0.4, -0.2) is 4.57 Å². The molecule has 1 aliphatic rings. The van der Waals surface area contributed by atoms with Crippen molar-refractivity contribution in [3.63, 3.8) is 0 Å². The van der Waals surface area contributed by atoms with Crippen molar-refractivity contribution < 1.29 is 0 Å². The minimum Gasteiger partial charge on any atom is -0.308 e. The third-order valence-electron chi connectivity index (χ3n) is 8.91. The average molecular weight is 524 g/mol. The zero-order valence-electron chi connectivity index (χ0n) is 21.5. The first-order valence-corrected chi connectivity index (χ1v) is 14.6. The van der Waals surface area contributed by atoms with Crippen LogP contribution in [0.4, 0.5) is 0 Å². The van der Waals surface area contributed by atoms with Gasteiger partial charge in [-0.25, -0.2) is 0 Å². The minimum absolute atomic E-state index is 1.24. The lowest BCUT2D eigenvalue weighted by Gasteiger charge is -2.14. The molecule has 0 spiro atoms. The Morgan fingerprint density at radius 1 is 0.400 bits per heavy atom. The van der Waals surface area contributed by atoms with Gasteiger partial charge in [-0.15, -0.1) is 11.3 Å². The molecule has 1 aliphatic carbocycles. The molecule has 2 aromatic heterocycles. The second kappa shape index (κ2) is 7.38. The highest BCUT2D eigenvalue weighted by molar-refractivity contribution is 7.27. The molecule has 2 heteroatoms. The predicted octanol–water partition coefficient (Wildman–Crippen LogP) is 11.1. The van der Waals surface area contributed by atoms with E-state index in [1.807, 2.05) is 11.3 Å². The number of hydrogen-bond acceptors (Lipinski definition) is 1. The topological polar surface area (TPSA) is 4.93 Å². The molecule has 0 N–H and O–H groups in total. The molecule has 0 saturated carbocycles. The van der Waals surface area contributed by atoms with Gasteiger partial charge in [-0.1, -0.05) is 109 Å². The van der Waals surface area contributed by atoms with Gasteiger partial charge in [-0.05, 0) is 51.2 Å². The standard InChI is InChI=1S/C38H21NS/c1-2-11-23-22(10-1)24-16-9-17-28-32(21-20-26(23)34(24)28)39-31-18-7-5-14-29(31)35-25-12-3-4-13-27(25)38-36(37(35)39)30-15-6-8-19-33(30)40-38/h1-21H. The molecule has 7 aromatic carbocycles. The van der Waals surface area contributed by atoms with Crippen LogP contribution in [0.5, 0.6) is 0 Å². The summed E-state index contributed by atoms with van der Waals surface area (Å²) in [4.78, 5) is 0. The maximum Gasteiger partial charge on any atom is 0.0640 e. The fraction of sp³-hybridized carbons (Fsp3) is 0. The largest absolute Gasteiger partial charge is 0.308 e. The molecule has 0 fully saturated rings. The number of nitrogens with zero attached hydrogens (tertiary/aromatic N) is 1. The Balaban J connectivity index is 1.49. The Morgan fingerprint density at radius 2 is 1.02 bits per heavy atom. The average Bonchev–Trinajstić information content (AvgIpc) is 3.67. The van der Waals surface area contributed by atoms with Crippen molar-refractivity contribution in [2.24, 2.45) is 0 Å². The van der Waals surface area contributed by atoms with Crippen LogP contribution in [0.3, 0.4) is 0 Å². The first-order valence-electron chi connectivity index (χ1n) is 13.8. The maximum atomic E-state index is 2.56. The molecular weight excluding hydrogens is 502 g/mol. The van der Waals surface area contributed by atoms with Crippen molar-refractivity contribution in [3.05, 3.63) is 127 Å². The molecular formula is C38H21NS. The van der Waals surface area contributed by atoms with Gasteiger partial charge in [0.2, 0.25) is 0 Å².